The van der Waals surface area contributed by atoms with Crippen LogP contribution in [0.2, 0.25) is 0 Å². The lowest BCUT2D eigenvalue weighted by Gasteiger charge is -2.59. The molecule has 8 aliphatic rings. The lowest BCUT2D eigenvalue weighted by molar-refractivity contribution is -0.116. The third-order valence-corrected chi connectivity index (χ3v) is 11.0. The van der Waals surface area contributed by atoms with Crippen molar-refractivity contribution < 1.29 is 13.6 Å². The van der Waals surface area contributed by atoms with Gasteiger partial charge in [0.2, 0.25) is 0 Å². The van der Waals surface area contributed by atoms with E-state index in [2.05, 4.69) is 5.09 Å². The molecule has 4 nitrogen and oxygen atoms in total. The molecule has 0 aromatic heterocycles. The van der Waals surface area contributed by atoms with Crippen LogP contribution in [0.4, 0.5) is 0 Å². The van der Waals surface area contributed by atoms with E-state index >= 15 is 0 Å². The number of hydrogen-bond acceptors (Lipinski definition) is 3. The highest BCUT2D eigenvalue weighted by atomic mass is 31.2. The summed E-state index contributed by atoms with van der Waals surface area (Å²) >= 11 is 0. The fourth-order valence-corrected chi connectivity index (χ4v) is 11.3. The molecule has 1 unspecified atom stereocenters. The second-order valence-corrected chi connectivity index (χ2v) is 13.1. The minimum absolute atomic E-state index is 0.0156. The van der Waals surface area contributed by atoms with Gasteiger partial charge in [-0.25, -0.2) is 9.65 Å². The van der Waals surface area contributed by atoms with Gasteiger partial charge in [-0.15, -0.1) is 0 Å². The Hall–Kier alpha value is 0.110. The van der Waals surface area contributed by atoms with E-state index in [1.807, 2.05) is 6.92 Å². The fourth-order valence-electron chi connectivity index (χ4n) is 9.19. The second kappa shape index (κ2) is 6.06. The normalized spacial score (nSPS) is 54.4. The average molecular weight is 394 g/mol. The standard InChI is InChI=1S/C22H36NO3P/c1-2-25-27(24,23-21-9-15-3-16(10-21)5-17(4-15)11-21)26-22-12-18-6-19(13-22)8-20(7-18)14-22/h15-20H,2-14H2,1H3,(H,23,24). The molecule has 0 spiro atoms. The van der Waals surface area contributed by atoms with E-state index < -0.39 is 7.75 Å². The highest BCUT2D eigenvalue weighted by Crippen LogP contribution is 2.65. The van der Waals surface area contributed by atoms with Crippen molar-refractivity contribution in [2.45, 2.75) is 95.1 Å². The lowest BCUT2D eigenvalue weighted by Crippen LogP contribution is -2.58. The SMILES string of the molecule is CCOP(=O)(NC12CC3CC(CC(C3)C1)C2)OC12CC3CC(CC(C3)C1)C2. The third-order valence-electron chi connectivity index (χ3n) is 9.01. The molecule has 8 bridgehead atoms. The number of nitrogens with one attached hydrogen (secondary N) is 1. The molecule has 5 heteroatoms. The van der Waals surface area contributed by atoms with Crippen LogP contribution in [0.25, 0.3) is 0 Å². The van der Waals surface area contributed by atoms with Crippen LogP contribution in [-0.2, 0) is 13.6 Å². The van der Waals surface area contributed by atoms with Crippen molar-refractivity contribution in [3.8, 4) is 0 Å². The largest absolute Gasteiger partial charge is 0.406 e. The van der Waals surface area contributed by atoms with Crippen molar-refractivity contribution >= 4 is 7.75 Å². The summed E-state index contributed by atoms with van der Waals surface area (Å²) in [7, 11) is -3.27. The van der Waals surface area contributed by atoms with Crippen LogP contribution in [0, 0.1) is 35.5 Å². The monoisotopic (exact) mass is 393 g/mol. The molecule has 0 aromatic rings. The topological polar surface area (TPSA) is 47.6 Å². The first kappa shape index (κ1) is 17.9. The van der Waals surface area contributed by atoms with Gasteiger partial charge >= 0.3 is 7.75 Å². The Balaban J connectivity index is 1.25. The minimum atomic E-state index is -3.27. The summed E-state index contributed by atoms with van der Waals surface area (Å²) in [6, 6.07) is 0. The first-order valence-corrected chi connectivity index (χ1v) is 13.2. The van der Waals surface area contributed by atoms with Crippen LogP contribution in [0.5, 0.6) is 0 Å². The highest BCUT2D eigenvalue weighted by molar-refractivity contribution is 7.51. The Morgan fingerprint density at radius 2 is 1.19 bits per heavy atom. The quantitative estimate of drug-likeness (QED) is 0.590. The molecule has 27 heavy (non-hydrogen) atoms. The maximum atomic E-state index is 14.0. The van der Waals surface area contributed by atoms with E-state index in [1.165, 1.54) is 57.8 Å². The van der Waals surface area contributed by atoms with Gasteiger partial charge in [0.1, 0.15) is 0 Å². The molecule has 1 N–H and O–H groups in total. The first-order chi connectivity index (χ1) is 12.9. The van der Waals surface area contributed by atoms with Gasteiger partial charge in [0.05, 0.1) is 12.2 Å². The van der Waals surface area contributed by atoms with Gasteiger partial charge in [0.15, 0.2) is 0 Å². The van der Waals surface area contributed by atoms with Gasteiger partial charge in [-0.3, -0.25) is 9.05 Å². The zero-order valence-corrected chi connectivity index (χ0v) is 17.7. The van der Waals surface area contributed by atoms with Gasteiger partial charge in [-0.2, -0.15) is 0 Å². The molecule has 0 heterocycles. The Kier molecular flexibility index (Phi) is 4.02. The minimum Gasteiger partial charge on any atom is -0.297 e. The van der Waals surface area contributed by atoms with Crippen molar-refractivity contribution in [3.05, 3.63) is 0 Å². The van der Waals surface area contributed by atoms with E-state index in [-0.39, 0.29) is 11.1 Å². The summed E-state index contributed by atoms with van der Waals surface area (Å²) in [6.07, 6.45) is 15.2. The Labute approximate surface area is 164 Å². The zero-order chi connectivity index (χ0) is 18.3. The third kappa shape index (κ3) is 3.09. The highest BCUT2D eigenvalue weighted by Gasteiger charge is 2.57. The maximum Gasteiger partial charge on any atom is 0.406 e. The Bertz CT molecular complexity index is 541. The molecule has 8 fully saturated rings. The predicted octanol–water partition coefficient (Wildman–Crippen LogP) is 5.67. The summed E-state index contributed by atoms with van der Waals surface area (Å²) in [5.74, 6) is 4.89. The summed E-state index contributed by atoms with van der Waals surface area (Å²) in [4.78, 5) is 0. The van der Waals surface area contributed by atoms with Crippen molar-refractivity contribution in [1.29, 1.82) is 0 Å². The van der Waals surface area contributed by atoms with Crippen LogP contribution in [-0.4, -0.2) is 17.7 Å². The van der Waals surface area contributed by atoms with Crippen LogP contribution in [0.1, 0.15) is 84.0 Å². The molecule has 152 valence electrons. The van der Waals surface area contributed by atoms with Crippen LogP contribution in [0.3, 0.4) is 0 Å². The van der Waals surface area contributed by atoms with Crippen molar-refractivity contribution in [3.63, 3.8) is 0 Å². The molecule has 8 rings (SSSR count). The molecular formula is C22H36NO3P. The predicted molar refractivity (Wildman–Crippen MR) is 105 cm³/mol. The zero-order valence-electron chi connectivity index (χ0n) is 16.8. The van der Waals surface area contributed by atoms with E-state index in [0.717, 1.165) is 54.8 Å². The fraction of sp³-hybridized carbons (Fsp3) is 1.00. The molecule has 0 radical (unpaired) electrons. The van der Waals surface area contributed by atoms with E-state index in [9.17, 15) is 4.57 Å². The smallest absolute Gasteiger partial charge is 0.297 e. The van der Waals surface area contributed by atoms with Gasteiger partial charge in [-0.1, -0.05) is 0 Å². The summed E-state index contributed by atoms with van der Waals surface area (Å²) in [5, 5.41) is 3.63. The van der Waals surface area contributed by atoms with E-state index in [1.54, 1.807) is 0 Å². The van der Waals surface area contributed by atoms with Crippen LogP contribution >= 0.6 is 7.75 Å². The van der Waals surface area contributed by atoms with Gasteiger partial charge in [0, 0.05) is 5.54 Å². The number of rotatable bonds is 6. The molecular weight excluding hydrogens is 357 g/mol. The molecule has 0 saturated heterocycles. The van der Waals surface area contributed by atoms with Gasteiger partial charge < -0.3 is 0 Å². The van der Waals surface area contributed by atoms with Crippen LogP contribution < -0.4 is 5.09 Å². The summed E-state index contributed by atoms with van der Waals surface area (Å²) in [5.41, 5.74) is -0.156. The molecule has 1 atom stereocenters. The van der Waals surface area contributed by atoms with E-state index in [0.29, 0.717) is 6.61 Å². The average Bonchev–Trinajstić information content (AvgIpc) is 2.50. The van der Waals surface area contributed by atoms with E-state index in [4.69, 9.17) is 9.05 Å². The van der Waals surface area contributed by atoms with Gasteiger partial charge in [-0.05, 0) is 119 Å². The summed E-state index contributed by atoms with van der Waals surface area (Å²) < 4.78 is 26.6. The van der Waals surface area contributed by atoms with Crippen molar-refractivity contribution in [1.82, 2.24) is 5.09 Å². The van der Waals surface area contributed by atoms with Crippen molar-refractivity contribution in [2.75, 3.05) is 6.61 Å². The molecule has 0 aliphatic heterocycles. The molecule has 8 saturated carbocycles. The maximum absolute atomic E-state index is 14.0. The molecule has 0 aromatic carbocycles. The first-order valence-electron chi connectivity index (χ1n) is 11.7. The van der Waals surface area contributed by atoms with Gasteiger partial charge in [0.25, 0.3) is 0 Å². The molecule has 8 aliphatic carbocycles. The molecule has 0 amide bonds. The Morgan fingerprint density at radius 3 is 1.59 bits per heavy atom. The summed E-state index contributed by atoms with van der Waals surface area (Å²) in [6.45, 7) is 2.42. The van der Waals surface area contributed by atoms with Crippen molar-refractivity contribution in [2.24, 2.45) is 35.5 Å². The number of hydrogen-bond donors (Lipinski definition) is 1. The lowest BCUT2D eigenvalue weighted by atomic mass is 9.53. The Morgan fingerprint density at radius 1 is 0.778 bits per heavy atom. The van der Waals surface area contributed by atoms with Crippen LogP contribution in [0.15, 0.2) is 0 Å². The second-order valence-electron chi connectivity index (χ2n) is 11.4.